The summed E-state index contributed by atoms with van der Waals surface area (Å²) in [5, 5.41) is 0. The maximum atomic E-state index is 12.4. The Morgan fingerprint density at radius 3 is 2.50 bits per heavy atom. The largest absolute Gasteiger partial charge is 0.308 e. The predicted molar refractivity (Wildman–Crippen MR) is 91.7 cm³/mol. The number of aryl methyl sites for hydroxylation is 2. The molecule has 3 aromatic rings. The molecule has 3 nitrogen and oxygen atoms in total. The lowest BCUT2D eigenvalue weighted by Crippen LogP contribution is -2.21. The summed E-state index contributed by atoms with van der Waals surface area (Å²) in [6.07, 6.45) is 4.74. The van der Waals surface area contributed by atoms with E-state index in [4.69, 9.17) is 0 Å². The Hall–Kier alpha value is -2.68. The molecule has 110 valence electrons. The Labute approximate surface area is 129 Å². The Balaban J connectivity index is 2.01. The first kappa shape index (κ1) is 14.3. The minimum Gasteiger partial charge on any atom is -0.308 e. The van der Waals surface area contributed by atoms with Crippen LogP contribution in [0.5, 0.6) is 0 Å². The molecule has 0 radical (unpaired) electrons. The second-order valence-electron chi connectivity index (χ2n) is 5.28. The average molecular weight is 290 g/mol. The maximum Gasteiger partial charge on any atom is 0.276 e. The summed E-state index contributed by atoms with van der Waals surface area (Å²) >= 11 is 0. The van der Waals surface area contributed by atoms with Crippen LogP contribution < -0.4 is 5.56 Å². The number of hydrogen-bond acceptors (Lipinski definition) is 2. The Morgan fingerprint density at radius 2 is 1.77 bits per heavy atom. The predicted octanol–water partition coefficient (Wildman–Crippen LogP) is 3.67. The van der Waals surface area contributed by atoms with Crippen LogP contribution in [0.4, 0.5) is 0 Å². The number of aromatic nitrogens is 2. The van der Waals surface area contributed by atoms with E-state index in [2.05, 4.69) is 36.2 Å². The van der Waals surface area contributed by atoms with E-state index in [1.807, 2.05) is 30.3 Å². The van der Waals surface area contributed by atoms with Crippen molar-refractivity contribution in [3.05, 3.63) is 75.7 Å². The molecule has 0 saturated carbocycles. The molecule has 22 heavy (non-hydrogen) atoms. The van der Waals surface area contributed by atoms with Crippen LogP contribution in [0.25, 0.3) is 23.2 Å². The first-order valence-electron chi connectivity index (χ1n) is 7.42. The van der Waals surface area contributed by atoms with Crippen LogP contribution >= 0.6 is 0 Å². The topological polar surface area (TPSA) is 34.9 Å². The van der Waals surface area contributed by atoms with Crippen LogP contribution in [-0.4, -0.2) is 9.55 Å². The van der Waals surface area contributed by atoms with Gasteiger partial charge in [0.25, 0.3) is 5.56 Å². The van der Waals surface area contributed by atoms with Crippen molar-refractivity contribution in [1.82, 2.24) is 9.55 Å². The second kappa shape index (κ2) is 5.98. The lowest BCUT2D eigenvalue weighted by Gasteiger charge is -2.05. The highest BCUT2D eigenvalue weighted by atomic mass is 16.1. The first-order chi connectivity index (χ1) is 10.7. The van der Waals surface area contributed by atoms with Crippen molar-refractivity contribution in [1.29, 1.82) is 0 Å². The van der Waals surface area contributed by atoms with E-state index in [1.165, 1.54) is 5.56 Å². The molecule has 0 N–H and O–H groups in total. The summed E-state index contributed by atoms with van der Waals surface area (Å²) in [6.45, 7) is 2.13. The molecule has 3 heteroatoms. The zero-order valence-electron chi connectivity index (χ0n) is 12.8. The van der Waals surface area contributed by atoms with E-state index >= 15 is 0 Å². The molecular formula is C19H18N2O. The van der Waals surface area contributed by atoms with Crippen LogP contribution in [0.15, 0.2) is 53.3 Å². The lowest BCUT2D eigenvalue weighted by atomic mass is 10.1. The molecule has 0 aliphatic carbocycles. The van der Waals surface area contributed by atoms with E-state index in [9.17, 15) is 4.79 Å². The van der Waals surface area contributed by atoms with E-state index in [1.54, 1.807) is 17.7 Å². The van der Waals surface area contributed by atoms with Crippen molar-refractivity contribution in [2.45, 2.75) is 13.3 Å². The summed E-state index contributed by atoms with van der Waals surface area (Å²) in [6, 6.07) is 16.0. The molecule has 0 amide bonds. The van der Waals surface area contributed by atoms with Gasteiger partial charge in [-0.05, 0) is 35.8 Å². The minimum atomic E-state index is -0.0832. The van der Waals surface area contributed by atoms with Crippen LogP contribution in [-0.2, 0) is 13.5 Å². The number of hydrogen-bond donors (Lipinski definition) is 0. The third-order valence-corrected chi connectivity index (χ3v) is 3.83. The third kappa shape index (κ3) is 2.70. The Kier molecular flexibility index (Phi) is 3.88. The number of rotatable bonds is 3. The molecule has 2 aromatic carbocycles. The molecule has 0 saturated heterocycles. The fraction of sp³-hybridized carbons (Fsp3) is 0.158. The fourth-order valence-electron chi connectivity index (χ4n) is 2.45. The van der Waals surface area contributed by atoms with Gasteiger partial charge in [-0.3, -0.25) is 4.79 Å². The van der Waals surface area contributed by atoms with Gasteiger partial charge in [-0.2, -0.15) is 0 Å². The summed E-state index contributed by atoms with van der Waals surface area (Å²) < 4.78 is 1.64. The molecule has 0 atom stereocenters. The van der Waals surface area contributed by atoms with Gasteiger partial charge in [0.1, 0.15) is 5.69 Å². The molecule has 0 bridgehead atoms. The van der Waals surface area contributed by atoms with Crippen LogP contribution in [0, 0.1) is 0 Å². The normalized spacial score (nSPS) is 11.4. The highest BCUT2D eigenvalue weighted by Gasteiger charge is 2.05. The lowest BCUT2D eigenvalue weighted by molar-refractivity contribution is 0.887. The highest BCUT2D eigenvalue weighted by molar-refractivity contribution is 5.77. The van der Waals surface area contributed by atoms with Gasteiger partial charge in [-0.25, -0.2) is 4.98 Å². The highest BCUT2D eigenvalue weighted by Crippen LogP contribution is 2.11. The van der Waals surface area contributed by atoms with E-state index in [0.29, 0.717) is 5.69 Å². The van der Waals surface area contributed by atoms with Crippen molar-refractivity contribution in [3.8, 4) is 0 Å². The van der Waals surface area contributed by atoms with Gasteiger partial charge in [-0.1, -0.05) is 49.4 Å². The van der Waals surface area contributed by atoms with Crippen LogP contribution in [0.1, 0.15) is 23.7 Å². The van der Waals surface area contributed by atoms with E-state index in [-0.39, 0.29) is 5.56 Å². The smallest absolute Gasteiger partial charge is 0.276 e. The molecule has 0 aliphatic rings. The Bertz CT molecular complexity index is 889. The van der Waals surface area contributed by atoms with Gasteiger partial charge < -0.3 is 4.57 Å². The van der Waals surface area contributed by atoms with Crippen LogP contribution in [0.3, 0.4) is 0 Å². The zero-order chi connectivity index (χ0) is 15.5. The van der Waals surface area contributed by atoms with Gasteiger partial charge in [0.2, 0.25) is 0 Å². The Morgan fingerprint density at radius 1 is 1.05 bits per heavy atom. The SMILES string of the molecule is CCc1ccc(/C=C/c2nc3ccccc3n(C)c2=O)cc1. The molecule has 0 spiro atoms. The monoisotopic (exact) mass is 290 g/mol. The molecule has 1 aromatic heterocycles. The van der Waals surface area contributed by atoms with Crippen molar-refractivity contribution in [2.75, 3.05) is 0 Å². The molecule has 0 fully saturated rings. The summed E-state index contributed by atoms with van der Waals surface area (Å²) in [5.74, 6) is 0. The van der Waals surface area contributed by atoms with Crippen molar-refractivity contribution < 1.29 is 0 Å². The molecule has 0 unspecified atom stereocenters. The fourth-order valence-corrected chi connectivity index (χ4v) is 2.45. The average Bonchev–Trinajstić information content (AvgIpc) is 2.57. The molecule has 0 aliphatic heterocycles. The second-order valence-corrected chi connectivity index (χ2v) is 5.28. The van der Waals surface area contributed by atoms with Crippen molar-refractivity contribution in [2.24, 2.45) is 7.05 Å². The summed E-state index contributed by atoms with van der Waals surface area (Å²) in [5.41, 5.74) is 4.41. The van der Waals surface area contributed by atoms with Crippen molar-refractivity contribution in [3.63, 3.8) is 0 Å². The van der Waals surface area contributed by atoms with Crippen molar-refractivity contribution >= 4 is 23.2 Å². The quantitative estimate of drug-likeness (QED) is 0.737. The summed E-state index contributed by atoms with van der Waals surface area (Å²) in [7, 11) is 1.78. The zero-order valence-corrected chi connectivity index (χ0v) is 12.8. The van der Waals surface area contributed by atoms with E-state index in [0.717, 1.165) is 23.0 Å². The first-order valence-corrected chi connectivity index (χ1v) is 7.42. The standard InChI is InChI=1S/C19H18N2O/c1-3-14-8-10-15(11-9-14)12-13-17-19(22)21(2)18-7-5-4-6-16(18)20-17/h4-13H,3H2,1-2H3/b13-12+. The van der Waals surface area contributed by atoms with Gasteiger partial charge >= 0.3 is 0 Å². The van der Waals surface area contributed by atoms with Gasteiger partial charge in [-0.15, -0.1) is 0 Å². The van der Waals surface area contributed by atoms with E-state index < -0.39 is 0 Å². The number of nitrogens with zero attached hydrogens (tertiary/aromatic N) is 2. The maximum absolute atomic E-state index is 12.4. The summed E-state index contributed by atoms with van der Waals surface area (Å²) in [4.78, 5) is 16.8. The third-order valence-electron chi connectivity index (χ3n) is 3.83. The number of benzene rings is 2. The van der Waals surface area contributed by atoms with Crippen LogP contribution in [0.2, 0.25) is 0 Å². The van der Waals surface area contributed by atoms with Gasteiger partial charge in [0, 0.05) is 7.05 Å². The van der Waals surface area contributed by atoms with Gasteiger partial charge in [0.15, 0.2) is 0 Å². The minimum absolute atomic E-state index is 0.0832. The number of fused-ring (bicyclic) bond motifs is 1. The molecular weight excluding hydrogens is 272 g/mol. The molecule has 3 rings (SSSR count). The van der Waals surface area contributed by atoms with Gasteiger partial charge in [0.05, 0.1) is 11.0 Å². The number of para-hydroxylation sites is 2. The molecule has 1 heterocycles.